The molecule has 1 aliphatic heterocycles. The monoisotopic (exact) mass is 473 g/mol. The summed E-state index contributed by atoms with van der Waals surface area (Å²) < 4.78 is 31.6. The highest BCUT2D eigenvalue weighted by Gasteiger charge is 2.28. The highest BCUT2D eigenvalue weighted by atomic mass is 32.2. The van der Waals surface area contributed by atoms with Gasteiger partial charge in [-0.05, 0) is 62.1 Å². The second kappa shape index (κ2) is 9.28. The van der Waals surface area contributed by atoms with E-state index in [0.717, 1.165) is 31.7 Å². The Kier molecular flexibility index (Phi) is 6.43. The molecule has 0 atom stereocenters. The first-order valence-corrected chi connectivity index (χ1v) is 12.1. The number of nitro benzene ring substituents is 1. The zero-order chi connectivity index (χ0) is 23.6. The molecule has 2 fully saturated rings. The summed E-state index contributed by atoms with van der Waals surface area (Å²) in [6, 6.07) is 9.66. The van der Waals surface area contributed by atoms with E-state index in [0.29, 0.717) is 18.8 Å². The van der Waals surface area contributed by atoms with E-state index in [1.807, 2.05) is 0 Å². The normalized spacial score (nSPS) is 16.4. The molecule has 10 nitrogen and oxygen atoms in total. The van der Waals surface area contributed by atoms with Gasteiger partial charge in [-0.15, -0.1) is 0 Å². The minimum atomic E-state index is -3.58. The van der Waals surface area contributed by atoms with Gasteiger partial charge in [-0.3, -0.25) is 14.9 Å². The number of hydrogen-bond donors (Lipinski definition) is 1. The topological polar surface area (TPSA) is 136 Å². The van der Waals surface area contributed by atoms with Crippen LogP contribution in [0.1, 0.15) is 46.4 Å². The maximum Gasteiger partial charge on any atom is 0.338 e. The lowest BCUT2D eigenvalue weighted by Crippen LogP contribution is -2.27. The molecule has 0 amide bonds. The number of ether oxygens (including phenoxy) is 1. The predicted molar refractivity (Wildman–Crippen MR) is 119 cm³/mol. The molecule has 1 saturated carbocycles. The number of anilines is 1. The summed E-state index contributed by atoms with van der Waals surface area (Å²) in [4.78, 5) is 35.6. The van der Waals surface area contributed by atoms with Crippen LogP contribution < -0.4 is 5.32 Å². The van der Waals surface area contributed by atoms with Crippen LogP contribution in [0, 0.1) is 10.1 Å². The zero-order valence-corrected chi connectivity index (χ0v) is 18.5. The number of Topliss-reactive ketones (excluding diaryl/α,β-unsaturated/α-hetero) is 1. The summed E-state index contributed by atoms with van der Waals surface area (Å²) in [5.74, 6) is -1.38. The largest absolute Gasteiger partial charge is 0.454 e. The number of carbonyl (C=O) groups excluding carboxylic acids is 2. The number of esters is 1. The molecule has 11 heteroatoms. The number of carbonyl (C=O) groups is 2. The fraction of sp³-hybridized carbons (Fsp3) is 0.364. The third kappa shape index (κ3) is 5.20. The van der Waals surface area contributed by atoms with Crippen molar-refractivity contribution in [3.63, 3.8) is 0 Å². The van der Waals surface area contributed by atoms with E-state index >= 15 is 0 Å². The summed E-state index contributed by atoms with van der Waals surface area (Å²) >= 11 is 0. The molecule has 1 aliphatic carbocycles. The standard InChI is InChI=1S/C22H23N3O7S/c26-21(15-3-8-18(9-4-15)33(30,31)24-11-1-2-12-24)14-32-22(27)16-5-10-19(23-17-6-7-17)20(13-16)25(28)29/h3-5,8-10,13,17,23H,1-2,6-7,11-12,14H2. The van der Waals surface area contributed by atoms with Crippen molar-refractivity contribution < 1.29 is 27.7 Å². The molecule has 2 aromatic carbocycles. The van der Waals surface area contributed by atoms with Crippen LogP contribution in [0.25, 0.3) is 0 Å². The molecule has 0 unspecified atom stereocenters. The van der Waals surface area contributed by atoms with Crippen molar-refractivity contribution in [3.8, 4) is 0 Å². The van der Waals surface area contributed by atoms with Gasteiger partial charge >= 0.3 is 5.97 Å². The molecular formula is C22H23N3O7S. The van der Waals surface area contributed by atoms with Gasteiger partial charge in [0.2, 0.25) is 10.0 Å². The van der Waals surface area contributed by atoms with E-state index < -0.39 is 33.3 Å². The number of nitro groups is 1. The second-order valence-electron chi connectivity index (χ2n) is 8.04. The van der Waals surface area contributed by atoms with Gasteiger partial charge < -0.3 is 10.1 Å². The van der Waals surface area contributed by atoms with Crippen LogP contribution in [0.4, 0.5) is 11.4 Å². The Hall–Kier alpha value is -3.31. The van der Waals surface area contributed by atoms with E-state index in [1.165, 1.54) is 40.7 Å². The molecule has 2 aromatic rings. The van der Waals surface area contributed by atoms with Crippen molar-refractivity contribution in [1.82, 2.24) is 4.31 Å². The fourth-order valence-electron chi connectivity index (χ4n) is 3.57. The zero-order valence-electron chi connectivity index (χ0n) is 17.7. The third-order valence-electron chi connectivity index (χ3n) is 5.58. The summed E-state index contributed by atoms with van der Waals surface area (Å²) in [6.07, 6.45) is 3.52. The molecule has 33 heavy (non-hydrogen) atoms. The van der Waals surface area contributed by atoms with Crippen LogP contribution in [-0.4, -0.2) is 55.1 Å². The van der Waals surface area contributed by atoms with Gasteiger partial charge in [-0.25, -0.2) is 13.2 Å². The van der Waals surface area contributed by atoms with Gasteiger partial charge in [0.25, 0.3) is 5.69 Å². The molecule has 0 bridgehead atoms. The Morgan fingerprint density at radius 2 is 1.70 bits per heavy atom. The third-order valence-corrected chi connectivity index (χ3v) is 7.49. The van der Waals surface area contributed by atoms with Crippen molar-refractivity contribution in [1.29, 1.82) is 0 Å². The number of ketones is 1. The van der Waals surface area contributed by atoms with Crippen molar-refractivity contribution in [2.24, 2.45) is 0 Å². The van der Waals surface area contributed by atoms with Crippen molar-refractivity contribution in [2.45, 2.75) is 36.6 Å². The molecule has 2 aliphatic rings. The maximum absolute atomic E-state index is 12.6. The fourth-order valence-corrected chi connectivity index (χ4v) is 5.08. The highest BCUT2D eigenvalue weighted by Crippen LogP contribution is 2.31. The van der Waals surface area contributed by atoms with Crippen LogP contribution >= 0.6 is 0 Å². The average Bonchev–Trinajstić information content (AvgIpc) is 3.44. The quantitative estimate of drug-likeness (QED) is 0.254. The first-order chi connectivity index (χ1) is 15.8. The van der Waals surface area contributed by atoms with Gasteiger partial charge in [-0.1, -0.05) is 0 Å². The van der Waals surface area contributed by atoms with Gasteiger partial charge in [-0.2, -0.15) is 4.31 Å². The molecule has 4 rings (SSSR count). The van der Waals surface area contributed by atoms with E-state index in [9.17, 15) is 28.1 Å². The molecule has 1 N–H and O–H groups in total. The number of rotatable bonds is 9. The smallest absolute Gasteiger partial charge is 0.338 e. The van der Waals surface area contributed by atoms with Gasteiger partial charge in [0.1, 0.15) is 5.69 Å². The lowest BCUT2D eigenvalue weighted by molar-refractivity contribution is -0.384. The Bertz CT molecular complexity index is 1180. The molecule has 0 spiro atoms. The Labute approximate surface area is 190 Å². The summed E-state index contributed by atoms with van der Waals surface area (Å²) in [7, 11) is -3.58. The second-order valence-corrected chi connectivity index (χ2v) is 9.98. The van der Waals surface area contributed by atoms with Crippen molar-refractivity contribution in [2.75, 3.05) is 25.0 Å². The first-order valence-electron chi connectivity index (χ1n) is 10.6. The molecule has 174 valence electrons. The van der Waals surface area contributed by atoms with E-state index in [-0.39, 0.29) is 27.8 Å². The van der Waals surface area contributed by atoms with Crippen LogP contribution in [0.2, 0.25) is 0 Å². The lowest BCUT2D eigenvalue weighted by Gasteiger charge is -2.15. The summed E-state index contributed by atoms with van der Waals surface area (Å²) in [5.41, 5.74) is 0.248. The number of nitrogens with zero attached hydrogens (tertiary/aromatic N) is 2. The first kappa shape index (κ1) is 22.9. The number of nitrogens with one attached hydrogen (secondary N) is 1. The molecule has 0 radical (unpaired) electrons. The average molecular weight is 474 g/mol. The van der Waals surface area contributed by atoms with Crippen LogP contribution in [0.5, 0.6) is 0 Å². The highest BCUT2D eigenvalue weighted by molar-refractivity contribution is 7.89. The molecule has 1 heterocycles. The maximum atomic E-state index is 12.6. The Morgan fingerprint density at radius 3 is 2.30 bits per heavy atom. The van der Waals surface area contributed by atoms with E-state index in [2.05, 4.69) is 5.32 Å². The van der Waals surface area contributed by atoms with Gasteiger partial charge in [0.05, 0.1) is 15.4 Å². The molecule has 0 aromatic heterocycles. The Morgan fingerprint density at radius 1 is 1.06 bits per heavy atom. The number of benzene rings is 2. The SMILES string of the molecule is O=C(COC(=O)c1ccc(NC2CC2)c([N+](=O)[O-])c1)c1ccc(S(=O)(=O)N2CCCC2)cc1. The van der Waals surface area contributed by atoms with Gasteiger partial charge in [0.15, 0.2) is 12.4 Å². The molecular weight excluding hydrogens is 450 g/mol. The number of sulfonamides is 1. The lowest BCUT2D eigenvalue weighted by atomic mass is 10.1. The van der Waals surface area contributed by atoms with Gasteiger partial charge in [0, 0.05) is 30.8 Å². The van der Waals surface area contributed by atoms with E-state index in [4.69, 9.17) is 4.74 Å². The Balaban J connectivity index is 1.38. The molecule has 1 saturated heterocycles. The minimum absolute atomic E-state index is 0.0390. The minimum Gasteiger partial charge on any atom is -0.454 e. The summed E-state index contributed by atoms with van der Waals surface area (Å²) in [5, 5.41) is 14.4. The predicted octanol–water partition coefficient (Wildman–Crippen LogP) is 2.99. The van der Waals surface area contributed by atoms with Crippen molar-refractivity contribution >= 4 is 33.2 Å². The van der Waals surface area contributed by atoms with Crippen molar-refractivity contribution in [3.05, 3.63) is 63.7 Å². The summed E-state index contributed by atoms with van der Waals surface area (Å²) in [6.45, 7) is 0.385. The number of hydrogen-bond acceptors (Lipinski definition) is 8. The van der Waals surface area contributed by atoms with Crippen LogP contribution in [-0.2, 0) is 14.8 Å². The van der Waals surface area contributed by atoms with Crippen LogP contribution in [0.3, 0.4) is 0 Å². The van der Waals surface area contributed by atoms with E-state index in [1.54, 1.807) is 0 Å². The van der Waals surface area contributed by atoms with Crippen LogP contribution in [0.15, 0.2) is 47.4 Å².